The number of rotatable bonds is 5. The van der Waals surface area contributed by atoms with Crippen LogP contribution in [0.4, 0.5) is 0 Å². The van der Waals surface area contributed by atoms with Gasteiger partial charge < -0.3 is 15.2 Å². The number of ether oxygens (including phenoxy) is 2. The summed E-state index contributed by atoms with van der Waals surface area (Å²) < 4.78 is 10.8. The van der Waals surface area contributed by atoms with Gasteiger partial charge in [-0.05, 0) is 49.9 Å². The summed E-state index contributed by atoms with van der Waals surface area (Å²) in [7, 11) is 3.36. The summed E-state index contributed by atoms with van der Waals surface area (Å²) in [6.45, 7) is 6.34. The highest BCUT2D eigenvalue weighted by Crippen LogP contribution is 2.33. The van der Waals surface area contributed by atoms with E-state index in [0.717, 1.165) is 24.0 Å². The molecule has 1 fully saturated rings. The fraction of sp³-hybridized carbons (Fsp3) is 0.647. The highest BCUT2D eigenvalue weighted by molar-refractivity contribution is 5.40. The zero-order valence-corrected chi connectivity index (χ0v) is 13.6. The van der Waals surface area contributed by atoms with E-state index in [1.807, 2.05) is 6.07 Å². The van der Waals surface area contributed by atoms with Crippen LogP contribution in [0.1, 0.15) is 38.3 Å². The van der Waals surface area contributed by atoms with Crippen molar-refractivity contribution in [2.24, 2.45) is 11.7 Å². The largest absolute Gasteiger partial charge is 0.497 e. The van der Waals surface area contributed by atoms with Crippen LogP contribution in [-0.4, -0.2) is 38.3 Å². The molecule has 1 aromatic rings. The van der Waals surface area contributed by atoms with E-state index < -0.39 is 0 Å². The van der Waals surface area contributed by atoms with Crippen LogP contribution in [-0.2, 0) is 0 Å². The van der Waals surface area contributed by atoms with Crippen molar-refractivity contribution in [3.05, 3.63) is 23.8 Å². The summed E-state index contributed by atoms with van der Waals surface area (Å²) >= 11 is 0. The summed E-state index contributed by atoms with van der Waals surface area (Å²) in [5.74, 6) is 2.44. The van der Waals surface area contributed by atoms with E-state index >= 15 is 0 Å². The molecule has 1 aliphatic rings. The molecule has 1 aliphatic heterocycles. The Morgan fingerprint density at radius 2 is 1.81 bits per heavy atom. The second-order valence-electron chi connectivity index (χ2n) is 6.11. The highest BCUT2D eigenvalue weighted by Gasteiger charge is 2.29. The minimum absolute atomic E-state index is 0.219. The van der Waals surface area contributed by atoms with Gasteiger partial charge in [0.05, 0.1) is 14.2 Å². The first kappa shape index (κ1) is 16.1. The van der Waals surface area contributed by atoms with Crippen LogP contribution in [0.25, 0.3) is 0 Å². The Kier molecular flexibility index (Phi) is 5.48. The molecule has 2 N–H and O–H groups in total. The second kappa shape index (κ2) is 7.14. The molecular formula is C17H28N2O2. The highest BCUT2D eigenvalue weighted by atomic mass is 16.5. The van der Waals surface area contributed by atoms with E-state index in [-0.39, 0.29) is 6.04 Å². The quantitative estimate of drug-likeness (QED) is 0.906. The Bertz CT molecular complexity index is 442. The molecule has 2 rings (SSSR count). The first-order chi connectivity index (χ1) is 10.1. The van der Waals surface area contributed by atoms with E-state index in [4.69, 9.17) is 15.2 Å². The van der Waals surface area contributed by atoms with Gasteiger partial charge in [0, 0.05) is 24.7 Å². The topological polar surface area (TPSA) is 47.7 Å². The monoisotopic (exact) mass is 292 g/mol. The fourth-order valence-electron chi connectivity index (χ4n) is 3.37. The first-order valence-electron chi connectivity index (χ1n) is 7.77. The molecule has 4 heteroatoms. The van der Waals surface area contributed by atoms with Crippen molar-refractivity contribution >= 4 is 0 Å². The maximum Gasteiger partial charge on any atom is 0.122 e. The van der Waals surface area contributed by atoms with Crippen molar-refractivity contribution < 1.29 is 9.47 Å². The predicted octanol–water partition coefficient (Wildman–Crippen LogP) is 2.82. The molecule has 118 valence electrons. The summed E-state index contributed by atoms with van der Waals surface area (Å²) in [5, 5.41) is 0. The maximum atomic E-state index is 6.09. The fourth-order valence-corrected chi connectivity index (χ4v) is 3.37. The van der Waals surface area contributed by atoms with E-state index in [9.17, 15) is 0 Å². The minimum Gasteiger partial charge on any atom is -0.497 e. The minimum atomic E-state index is 0.219. The lowest BCUT2D eigenvalue weighted by atomic mass is 9.90. The van der Waals surface area contributed by atoms with Crippen LogP contribution in [0.15, 0.2) is 18.2 Å². The van der Waals surface area contributed by atoms with E-state index in [1.54, 1.807) is 14.2 Å². The number of likely N-dealkylation sites (tertiary alicyclic amines) is 1. The number of hydrogen-bond acceptors (Lipinski definition) is 4. The van der Waals surface area contributed by atoms with Gasteiger partial charge in [0.15, 0.2) is 0 Å². The van der Waals surface area contributed by atoms with Crippen LogP contribution in [0.3, 0.4) is 0 Å². The second-order valence-corrected chi connectivity index (χ2v) is 6.11. The number of nitrogens with two attached hydrogens (primary N) is 1. The van der Waals surface area contributed by atoms with Crippen LogP contribution in [0.5, 0.6) is 11.5 Å². The van der Waals surface area contributed by atoms with Crippen molar-refractivity contribution in [2.45, 2.75) is 38.8 Å². The Balaban J connectivity index is 2.28. The number of nitrogens with zero attached hydrogens (tertiary/aromatic N) is 1. The standard InChI is InChI=1S/C17H28N2O2/c1-12-5-6-19(13(2)7-12)17(11-18)14-8-15(20-3)10-16(9-14)21-4/h8-10,12-13,17H,5-7,11,18H2,1-4H3. The Morgan fingerprint density at radius 3 is 2.29 bits per heavy atom. The molecule has 1 heterocycles. The lowest BCUT2D eigenvalue weighted by Gasteiger charge is -2.41. The van der Waals surface area contributed by atoms with E-state index in [0.29, 0.717) is 12.6 Å². The smallest absolute Gasteiger partial charge is 0.122 e. The zero-order valence-electron chi connectivity index (χ0n) is 13.6. The van der Waals surface area contributed by atoms with Gasteiger partial charge in [0.2, 0.25) is 0 Å². The number of piperidine rings is 1. The summed E-state index contributed by atoms with van der Waals surface area (Å²) in [6.07, 6.45) is 2.47. The third kappa shape index (κ3) is 3.69. The van der Waals surface area contributed by atoms with Crippen LogP contribution >= 0.6 is 0 Å². The summed E-state index contributed by atoms with van der Waals surface area (Å²) in [4.78, 5) is 2.52. The Morgan fingerprint density at radius 1 is 1.19 bits per heavy atom. The van der Waals surface area contributed by atoms with Crippen molar-refractivity contribution in [1.29, 1.82) is 0 Å². The third-order valence-electron chi connectivity index (χ3n) is 4.57. The van der Waals surface area contributed by atoms with Gasteiger partial charge in [-0.1, -0.05) is 6.92 Å². The number of hydrogen-bond donors (Lipinski definition) is 1. The molecule has 0 amide bonds. The molecule has 0 spiro atoms. The average molecular weight is 292 g/mol. The lowest BCUT2D eigenvalue weighted by Crippen LogP contribution is -2.44. The number of methoxy groups -OCH3 is 2. The van der Waals surface area contributed by atoms with Gasteiger partial charge in [-0.25, -0.2) is 0 Å². The van der Waals surface area contributed by atoms with Gasteiger partial charge in [-0.3, -0.25) is 4.90 Å². The van der Waals surface area contributed by atoms with Crippen molar-refractivity contribution in [2.75, 3.05) is 27.3 Å². The van der Waals surface area contributed by atoms with Crippen molar-refractivity contribution in [3.63, 3.8) is 0 Å². The molecule has 0 bridgehead atoms. The van der Waals surface area contributed by atoms with Crippen LogP contribution < -0.4 is 15.2 Å². The Hall–Kier alpha value is -1.26. The molecule has 4 nitrogen and oxygen atoms in total. The first-order valence-corrected chi connectivity index (χ1v) is 7.77. The molecule has 3 atom stereocenters. The van der Waals surface area contributed by atoms with Gasteiger partial charge in [-0.15, -0.1) is 0 Å². The van der Waals surface area contributed by atoms with Gasteiger partial charge in [0.25, 0.3) is 0 Å². The Labute approximate surface area is 128 Å². The molecule has 0 radical (unpaired) electrons. The SMILES string of the molecule is COc1cc(OC)cc(C(CN)N2CCC(C)CC2C)c1. The molecule has 0 aromatic heterocycles. The lowest BCUT2D eigenvalue weighted by molar-refractivity contribution is 0.0845. The summed E-state index contributed by atoms with van der Waals surface area (Å²) in [6, 6.07) is 6.82. The third-order valence-corrected chi connectivity index (χ3v) is 4.57. The average Bonchev–Trinajstić information content (AvgIpc) is 2.49. The molecule has 1 aromatic carbocycles. The van der Waals surface area contributed by atoms with E-state index in [2.05, 4.69) is 30.9 Å². The molecule has 1 saturated heterocycles. The van der Waals surface area contributed by atoms with Crippen molar-refractivity contribution in [1.82, 2.24) is 4.90 Å². The normalized spacial score (nSPS) is 24.6. The maximum absolute atomic E-state index is 6.09. The molecule has 21 heavy (non-hydrogen) atoms. The van der Waals surface area contributed by atoms with Gasteiger partial charge in [0.1, 0.15) is 11.5 Å². The van der Waals surface area contributed by atoms with Crippen LogP contribution in [0.2, 0.25) is 0 Å². The molecule has 0 aliphatic carbocycles. The van der Waals surface area contributed by atoms with E-state index in [1.165, 1.54) is 18.4 Å². The van der Waals surface area contributed by atoms with Crippen molar-refractivity contribution in [3.8, 4) is 11.5 Å². The summed E-state index contributed by atoms with van der Waals surface area (Å²) in [5.41, 5.74) is 7.27. The number of benzene rings is 1. The van der Waals surface area contributed by atoms with Gasteiger partial charge in [-0.2, -0.15) is 0 Å². The molecule has 3 unspecified atom stereocenters. The predicted molar refractivity (Wildman–Crippen MR) is 85.9 cm³/mol. The van der Waals surface area contributed by atoms with Crippen LogP contribution in [0, 0.1) is 5.92 Å². The molecular weight excluding hydrogens is 264 g/mol. The zero-order chi connectivity index (χ0) is 15.4. The molecule has 0 saturated carbocycles. The van der Waals surface area contributed by atoms with Gasteiger partial charge >= 0.3 is 0 Å².